The van der Waals surface area contributed by atoms with Crippen LogP contribution in [0, 0.1) is 0 Å². The molecule has 2 rings (SSSR count). The summed E-state index contributed by atoms with van der Waals surface area (Å²) in [6.07, 6.45) is 6.35. The van der Waals surface area contributed by atoms with Crippen LogP contribution in [0.3, 0.4) is 0 Å². The zero-order valence-corrected chi connectivity index (χ0v) is 12.6. The molecule has 1 saturated carbocycles. The van der Waals surface area contributed by atoms with Crippen molar-refractivity contribution in [3.05, 3.63) is 0 Å². The lowest BCUT2D eigenvalue weighted by atomic mass is 9.89. The molecular weight excluding hydrogens is 256 g/mol. The minimum absolute atomic E-state index is 0.0390. The van der Waals surface area contributed by atoms with Crippen LogP contribution in [0.4, 0.5) is 0 Å². The Morgan fingerprint density at radius 3 is 2.50 bits per heavy atom. The van der Waals surface area contributed by atoms with Gasteiger partial charge < -0.3 is 15.0 Å². The van der Waals surface area contributed by atoms with Gasteiger partial charge in [0.2, 0.25) is 11.8 Å². The van der Waals surface area contributed by atoms with E-state index in [4.69, 9.17) is 4.74 Å². The number of amides is 2. The van der Waals surface area contributed by atoms with Gasteiger partial charge in [-0.05, 0) is 25.7 Å². The quantitative estimate of drug-likeness (QED) is 0.802. The maximum absolute atomic E-state index is 12.5. The number of nitrogens with zero attached hydrogens (tertiary/aromatic N) is 1. The molecule has 1 aliphatic carbocycles. The summed E-state index contributed by atoms with van der Waals surface area (Å²) in [6, 6.07) is 0. The minimum atomic E-state index is -0.706. The second kappa shape index (κ2) is 6.57. The predicted octanol–water partition coefficient (Wildman–Crippen LogP) is 1.46. The fourth-order valence-electron chi connectivity index (χ4n) is 3.20. The van der Waals surface area contributed by atoms with Crippen LogP contribution in [0.15, 0.2) is 0 Å². The fraction of sp³-hybridized carbons (Fsp3) is 0.867. The Bertz CT molecular complexity index is 360. The number of nitrogens with one attached hydrogen (secondary N) is 1. The van der Waals surface area contributed by atoms with Gasteiger partial charge in [-0.1, -0.05) is 26.7 Å². The average Bonchev–Trinajstić information content (AvgIpc) is 2.95. The molecule has 0 aromatic heterocycles. The second-order valence-corrected chi connectivity index (χ2v) is 5.84. The largest absolute Gasteiger partial charge is 0.376 e. The van der Waals surface area contributed by atoms with E-state index in [0.29, 0.717) is 32.1 Å². The van der Waals surface area contributed by atoms with E-state index in [0.717, 1.165) is 12.8 Å². The van der Waals surface area contributed by atoms with Crippen molar-refractivity contribution in [2.24, 2.45) is 0 Å². The molecule has 5 heteroatoms. The highest BCUT2D eigenvalue weighted by Gasteiger charge is 2.43. The molecule has 0 aromatic carbocycles. The van der Waals surface area contributed by atoms with Crippen LogP contribution >= 0.6 is 0 Å². The van der Waals surface area contributed by atoms with Crippen LogP contribution in [0.5, 0.6) is 0 Å². The average molecular weight is 282 g/mol. The predicted molar refractivity (Wildman–Crippen MR) is 76.2 cm³/mol. The van der Waals surface area contributed by atoms with Crippen molar-refractivity contribution in [3.8, 4) is 0 Å². The van der Waals surface area contributed by atoms with Crippen molar-refractivity contribution in [1.82, 2.24) is 10.2 Å². The molecule has 1 saturated heterocycles. The maximum Gasteiger partial charge on any atom is 0.248 e. The molecule has 1 aliphatic heterocycles. The standard InChI is InChI=1S/C15H26N2O3/c1-3-15(4-2)14(19)17(11-13(18)16-15)9-10-20-12-7-5-6-8-12/h12H,3-11H2,1-2H3,(H,16,18). The van der Waals surface area contributed by atoms with E-state index in [2.05, 4.69) is 5.32 Å². The number of carbonyl (C=O) groups excluding carboxylic acids is 2. The fourth-order valence-corrected chi connectivity index (χ4v) is 3.20. The van der Waals surface area contributed by atoms with E-state index in [1.807, 2.05) is 13.8 Å². The van der Waals surface area contributed by atoms with Crippen molar-refractivity contribution in [3.63, 3.8) is 0 Å². The van der Waals surface area contributed by atoms with Crippen molar-refractivity contribution in [1.29, 1.82) is 0 Å². The Morgan fingerprint density at radius 1 is 1.25 bits per heavy atom. The first-order chi connectivity index (χ1) is 9.61. The molecule has 0 spiro atoms. The van der Waals surface area contributed by atoms with Gasteiger partial charge in [0, 0.05) is 6.54 Å². The molecule has 0 atom stereocenters. The van der Waals surface area contributed by atoms with Crippen LogP contribution < -0.4 is 5.32 Å². The lowest BCUT2D eigenvalue weighted by molar-refractivity contribution is -0.151. The van der Waals surface area contributed by atoms with Gasteiger partial charge in [-0.2, -0.15) is 0 Å². The first-order valence-electron chi connectivity index (χ1n) is 7.83. The topological polar surface area (TPSA) is 58.6 Å². The highest BCUT2D eigenvalue weighted by Crippen LogP contribution is 2.23. The summed E-state index contributed by atoms with van der Waals surface area (Å²) < 4.78 is 5.80. The van der Waals surface area contributed by atoms with Gasteiger partial charge in [0.25, 0.3) is 0 Å². The lowest BCUT2D eigenvalue weighted by Gasteiger charge is -2.41. The molecule has 2 fully saturated rings. The Morgan fingerprint density at radius 2 is 1.90 bits per heavy atom. The number of hydrogen-bond acceptors (Lipinski definition) is 3. The van der Waals surface area contributed by atoms with Gasteiger partial charge in [-0.25, -0.2) is 0 Å². The summed E-state index contributed by atoms with van der Waals surface area (Å²) >= 11 is 0. The molecule has 0 aromatic rings. The summed E-state index contributed by atoms with van der Waals surface area (Å²) in [4.78, 5) is 26.0. The Kier molecular flexibility index (Phi) is 5.02. The SMILES string of the molecule is CCC1(CC)NC(=O)CN(CCOC2CCCC2)C1=O. The van der Waals surface area contributed by atoms with Gasteiger partial charge in [-0.15, -0.1) is 0 Å². The molecule has 1 N–H and O–H groups in total. The van der Waals surface area contributed by atoms with Crippen molar-refractivity contribution >= 4 is 11.8 Å². The highest BCUT2D eigenvalue weighted by molar-refractivity contribution is 5.97. The summed E-state index contributed by atoms with van der Waals surface area (Å²) in [6.45, 7) is 5.10. The van der Waals surface area contributed by atoms with Crippen molar-refractivity contribution in [2.75, 3.05) is 19.7 Å². The second-order valence-electron chi connectivity index (χ2n) is 5.84. The van der Waals surface area contributed by atoms with Gasteiger partial charge in [0.15, 0.2) is 0 Å². The van der Waals surface area contributed by atoms with Crippen LogP contribution in [0.1, 0.15) is 52.4 Å². The van der Waals surface area contributed by atoms with Crippen LogP contribution in [0.2, 0.25) is 0 Å². The van der Waals surface area contributed by atoms with E-state index >= 15 is 0 Å². The summed E-state index contributed by atoms with van der Waals surface area (Å²) in [5, 5.41) is 2.87. The molecule has 0 unspecified atom stereocenters. The number of ether oxygens (including phenoxy) is 1. The maximum atomic E-state index is 12.5. The zero-order chi connectivity index (χ0) is 14.6. The first-order valence-corrected chi connectivity index (χ1v) is 7.83. The van der Waals surface area contributed by atoms with E-state index < -0.39 is 5.54 Å². The molecule has 2 amide bonds. The smallest absolute Gasteiger partial charge is 0.248 e. The van der Waals surface area contributed by atoms with Gasteiger partial charge >= 0.3 is 0 Å². The number of carbonyl (C=O) groups is 2. The zero-order valence-electron chi connectivity index (χ0n) is 12.6. The Balaban J connectivity index is 1.89. The molecule has 5 nitrogen and oxygen atoms in total. The molecule has 0 bridgehead atoms. The van der Waals surface area contributed by atoms with Crippen molar-refractivity contribution in [2.45, 2.75) is 64.0 Å². The molecule has 1 heterocycles. The van der Waals surface area contributed by atoms with Crippen LogP contribution in [-0.4, -0.2) is 48.1 Å². The summed E-state index contributed by atoms with van der Waals surface area (Å²) in [5.41, 5.74) is -0.706. The monoisotopic (exact) mass is 282 g/mol. The molecule has 20 heavy (non-hydrogen) atoms. The molecule has 0 radical (unpaired) electrons. The number of hydrogen-bond donors (Lipinski definition) is 1. The molecular formula is C15H26N2O3. The highest BCUT2D eigenvalue weighted by atomic mass is 16.5. The summed E-state index contributed by atoms with van der Waals surface area (Å²) in [5.74, 6) is -0.0220. The number of rotatable bonds is 6. The third kappa shape index (κ3) is 3.14. The van der Waals surface area contributed by atoms with E-state index in [1.165, 1.54) is 12.8 Å². The van der Waals surface area contributed by atoms with Gasteiger partial charge in [-0.3, -0.25) is 9.59 Å². The van der Waals surface area contributed by atoms with Crippen molar-refractivity contribution < 1.29 is 14.3 Å². The minimum Gasteiger partial charge on any atom is -0.376 e. The Hall–Kier alpha value is -1.10. The van der Waals surface area contributed by atoms with Gasteiger partial charge in [0.05, 0.1) is 19.3 Å². The third-order valence-corrected chi connectivity index (χ3v) is 4.63. The third-order valence-electron chi connectivity index (χ3n) is 4.63. The normalized spacial score (nSPS) is 23.2. The molecule has 114 valence electrons. The van der Waals surface area contributed by atoms with E-state index in [9.17, 15) is 9.59 Å². The molecule has 2 aliphatic rings. The lowest BCUT2D eigenvalue weighted by Crippen LogP contribution is -2.66. The van der Waals surface area contributed by atoms with Crippen LogP contribution in [-0.2, 0) is 14.3 Å². The van der Waals surface area contributed by atoms with Gasteiger partial charge in [0.1, 0.15) is 5.54 Å². The number of piperazine rings is 1. The van der Waals surface area contributed by atoms with Crippen LogP contribution in [0.25, 0.3) is 0 Å². The van der Waals surface area contributed by atoms with E-state index in [-0.39, 0.29) is 18.4 Å². The summed E-state index contributed by atoms with van der Waals surface area (Å²) in [7, 11) is 0. The Labute approximate surface area is 121 Å². The first kappa shape index (κ1) is 15.3. The van der Waals surface area contributed by atoms with E-state index in [1.54, 1.807) is 4.90 Å².